The Morgan fingerprint density at radius 1 is 1.33 bits per heavy atom. The summed E-state index contributed by atoms with van der Waals surface area (Å²) in [5.74, 6) is 0.509. The summed E-state index contributed by atoms with van der Waals surface area (Å²) < 4.78 is 0. The van der Waals surface area contributed by atoms with Gasteiger partial charge in [0.2, 0.25) is 5.91 Å². The average molecular weight is 212 g/mol. The van der Waals surface area contributed by atoms with Crippen LogP contribution in [-0.4, -0.2) is 31.3 Å². The Morgan fingerprint density at radius 3 is 2.60 bits per heavy atom. The molecule has 2 N–H and O–H groups in total. The van der Waals surface area contributed by atoms with Gasteiger partial charge in [-0.05, 0) is 39.3 Å². The van der Waals surface area contributed by atoms with Gasteiger partial charge in [-0.3, -0.25) is 4.79 Å². The number of rotatable bonds is 5. The molecule has 86 valence electrons. The molecule has 1 rings (SSSR count). The molecular formula is C11H20N2O2. The molecule has 0 atom stereocenters. The largest absolute Gasteiger partial charge is 0.356 e. The van der Waals surface area contributed by atoms with Gasteiger partial charge in [-0.25, -0.2) is 0 Å². The molecule has 1 heterocycles. The van der Waals surface area contributed by atoms with Gasteiger partial charge in [0, 0.05) is 18.9 Å². The van der Waals surface area contributed by atoms with Gasteiger partial charge in [0.25, 0.3) is 0 Å². The Hall–Kier alpha value is -0.900. The summed E-state index contributed by atoms with van der Waals surface area (Å²) in [5.41, 5.74) is 0. The minimum atomic E-state index is 0.153. The summed E-state index contributed by atoms with van der Waals surface area (Å²) >= 11 is 0. The first-order valence-corrected chi connectivity index (χ1v) is 5.68. The number of ketones is 1. The summed E-state index contributed by atoms with van der Waals surface area (Å²) in [7, 11) is 0. The van der Waals surface area contributed by atoms with Crippen LogP contribution < -0.4 is 10.6 Å². The van der Waals surface area contributed by atoms with Gasteiger partial charge in [-0.2, -0.15) is 0 Å². The van der Waals surface area contributed by atoms with E-state index >= 15 is 0 Å². The normalized spacial score (nSPS) is 17.4. The third-order valence-corrected chi connectivity index (χ3v) is 2.71. The fourth-order valence-electron chi connectivity index (χ4n) is 1.78. The summed E-state index contributed by atoms with van der Waals surface area (Å²) in [5, 5.41) is 6.12. The Labute approximate surface area is 90.8 Å². The SMILES string of the molecule is CC(=O)CCCNC(=O)C1CCNCC1. The topological polar surface area (TPSA) is 58.2 Å². The summed E-state index contributed by atoms with van der Waals surface area (Å²) in [6.45, 7) is 4.08. The third-order valence-electron chi connectivity index (χ3n) is 2.71. The number of carbonyl (C=O) groups excluding carboxylic acids is 2. The van der Waals surface area contributed by atoms with E-state index in [2.05, 4.69) is 10.6 Å². The maximum Gasteiger partial charge on any atom is 0.223 e. The van der Waals surface area contributed by atoms with E-state index in [9.17, 15) is 9.59 Å². The van der Waals surface area contributed by atoms with E-state index in [1.807, 2.05) is 0 Å². The van der Waals surface area contributed by atoms with Crippen LogP contribution in [0.1, 0.15) is 32.6 Å². The minimum absolute atomic E-state index is 0.153. The number of hydrogen-bond acceptors (Lipinski definition) is 3. The molecule has 1 aliphatic heterocycles. The second-order valence-electron chi connectivity index (χ2n) is 4.12. The first-order chi connectivity index (χ1) is 7.20. The standard InChI is InChI=1S/C11H20N2O2/c1-9(14)3-2-6-13-11(15)10-4-7-12-8-5-10/h10,12H,2-8H2,1H3,(H,13,15). The smallest absolute Gasteiger partial charge is 0.223 e. The molecule has 1 amide bonds. The van der Waals surface area contributed by atoms with Crippen LogP contribution >= 0.6 is 0 Å². The highest BCUT2D eigenvalue weighted by Gasteiger charge is 2.19. The van der Waals surface area contributed by atoms with Gasteiger partial charge >= 0.3 is 0 Å². The zero-order valence-electron chi connectivity index (χ0n) is 9.34. The van der Waals surface area contributed by atoms with Gasteiger partial charge in [-0.1, -0.05) is 0 Å². The number of nitrogens with one attached hydrogen (secondary N) is 2. The number of piperidine rings is 1. The Bertz CT molecular complexity index is 223. The molecule has 1 aliphatic rings. The van der Waals surface area contributed by atoms with Crippen LogP contribution in [0.2, 0.25) is 0 Å². The van der Waals surface area contributed by atoms with Gasteiger partial charge in [0.15, 0.2) is 0 Å². The molecular weight excluding hydrogens is 192 g/mol. The van der Waals surface area contributed by atoms with Crippen molar-refractivity contribution in [1.82, 2.24) is 10.6 Å². The zero-order chi connectivity index (χ0) is 11.1. The van der Waals surface area contributed by atoms with E-state index < -0.39 is 0 Å². The lowest BCUT2D eigenvalue weighted by molar-refractivity contribution is -0.126. The summed E-state index contributed by atoms with van der Waals surface area (Å²) in [6, 6.07) is 0. The molecule has 0 unspecified atom stereocenters. The maximum absolute atomic E-state index is 11.6. The van der Waals surface area contributed by atoms with Crippen molar-refractivity contribution < 1.29 is 9.59 Å². The third kappa shape index (κ3) is 4.93. The fraction of sp³-hybridized carbons (Fsp3) is 0.818. The average Bonchev–Trinajstić information content (AvgIpc) is 2.25. The number of amides is 1. The van der Waals surface area contributed by atoms with Crippen molar-refractivity contribution in [3.05, 3.63) is 0 Å². The highest BCUT2D eigenvalue weighted by molar-refractivity contribution is 5.79. The Kier molecular flexibility index (Phi) is 5.32. The predicted octanol–water partition coefficient (Wildman–Crippen LogP) is 0.471. The Balaban J connectivity index is 2.09. The van der Waals surface area contributed by atoms with Gasteiger partial charge < -0.3 is 15.4 Å². The molecule has 0 aromatic rings. The molecule has 0 aromatic heterocycles. The first kappa shape index (κ1) is 12.2. The zero-order valence-corrected chi connectivity index (χ0v) is 9.34. The molecule has 4 heteroatoms. The first-order valence-electron chi connectivity index (χ1n) is 5.68. The maximum atomic E-state index is 11.6. The van der Waals surface area contributed by atoms with Crippen molar-refractivity contribution in [2.24, 2.45) is 5.92 Å². The number of carbonyl (C=O) groups is 2. The summed E-state index contributed by atoms with van der Waals surface area (Å²) in [4.78, 5) is 22.3. The van der Waals surface area contributed by atoms with Crippen LogP contribution in [0.25, 0.3) is 0 Å². The Morgan fingerprint density at radius 2 is 2.00 bits per heavy atom. The predicted molar refractivity (Wildman–Crippen MR) is 58.5 cm³/mol. The van der Waals surface area contributed by atoms with Crippen LogP contribution in [0.5, 0.6) is 0 Å². The van der Waals surface area contributed by atoms with Crippen LogP contribution in [0.15, 0.2) is 0 Å². The van der Waals surface area contributed by atoms with Crippen molar-refractivity contribution in [2.45, 2.75) is 32.6 Å². The number of hydrogen-bond donors (Lipinski definition) is 2. The van der Waals surface area contributed by atoms with E-state index in [0.29, 0.717) is 13.0 Å². The van der Waals surface area contributed by atoms with Gasteiger partial charge in [-0.15, -0.1) is 0 Å². The van der Waals surface area contributed by atoms with E-state index in [4.69, 9.17) is 0 Å². The molecule has 4 nitrogen and oxygen atoms in total. The van der Waals surface area contributed by atoms with Crippen molar-refractivity contribution in [1.29, 1.82) is 0 Å². The van der Waals surface area contributed by atoms with E-state index in [1.165, 1.54) is 0 Å². The van der Waals surface area contributed by atoms with Crippen LogP contribution in [0.3, 0.4) is 0 Å². The van der Waals surface area contributed by atoms with Crippen LogP contribution in [0, 0.1) is 5.92 Å². The van der Waals surface area contributed by atoms with Crippen molar-refractivity contribution in [2.75, 3.05) is 19.6 Å². The molecule has 0 spiro atoms. The lowest BCUT2D eigenvalue weighted by Gasteiger charge is -2.21. The molecule has 0 bridgehead atoms. The van der Waals surface area contributed by atoms with Crippen molar-refractivity contribution in [3.8, 4) is 0 Å². The molecule has 0 aromatic carbocycles. The highest BCUT2D eigenvalue weighted by atomic mass is 16.2. The fourth-order valence-corrected chi connectivity index (χ4v) is 1.78. The molecule has 0 radical (unpaired) electrons. The second-order valence-corrected chi connectivity index (χ2v) is 4.12. The van der Waals surface area contributed by atoms with Crippen molar-refractivity contribution in [3.63, 3.8) is 0 Å². The summed E-state index contributed by atoms with van der Waals surface area (Å²) in [6.07, 6.45) is 3.18. The van der Waals surface area contributed by atoms with E-state index in [-0.39, 0.29) is 17.6 Å². The van der Waals surface area contributed by atoms with Crippen LogP contribution in [0.4, 0.5) is 0 Å². The lowest BCUT2D eigenvalue weighted by atomic mass is 9.97. The van der Waals surface area contributed by atoms with E-state index in [0.717, 1.165) is 32.4 Å². The van der Waals surface area contributed by atoms with E-state index in [1.54, 1.807) is 6.92 Å². The second kappa shape index (κ2) is 6.56. The molecule has 1 fully saturated rings. The quantitative estimate of drug-likeness (QED) is 0.651. The molecule has 0 aliphatic carbocycles. The molecule has 0 saturated carbocycles. The minimum Gasteiger partial charge on any atom is -0.356 e. The highest BCUT2D eigenvalue weighted by Crippen LogP contribution is 2.11. The molecule has 1 saturated heterocycles. The van der Waals surface area contributed by atoms with Gasteiger partial charge in [0.05, 0.1) is 0 Å². The molecule has 15 heavy (non-hydrogen) atoms. The van der Waals surface area contributed by atoms with Gasteiger partial charge in [0.1, 0.15) is 5.78 Å². The van der Waals surface area contributed by atoms with Crippen LogP contribution in [-0.2, 0) is 9.59 Å². The van der Waals surface area contributed by atoms with Crippen molar-refractivity contribution >= 4 is 11.7 Å². The monoisotopic (exact) mass is 212 g/mol. The number of Topliss-reactive ketones (excluding diaryl/α,β-unsaturated/α-hetero) is 1. The lowest BCUT2D eigenvalue weighted by Crippen LogP contribution is -2.38.